The van der Waals surface area contributed by atoms with Gasteiger partial charge in [0, 0.05) is 12.4 Å². The number of hydrogen-bond donors (Lipinski definition) is 1. The molecule has 1 unspecified atom stereocenters. The van der Waals surface area contributed by atoms with Crippen molar-refractivity contribution < 1.29 is 9.26 Å². The maximum Gasteiger partial charge on any atom is 0.276 e. The number of rotatable bonds is 5. The molecule has 1 fully saturated rings. The van der Waals surface area contributed by atoms with E-state index in [1.54, 1.807) is 4.68 Å². The van der Waals surface area contributed by atoms with E-state index in [0.29, 0.717) is 17.8 Å². The van der Waals surface area contributed by atoms with Crippen molar-refractivity contribution in [3.8, 4) is 17.3 Å². The van der Waals surface area contributed by atoms with E-state index in [4.69, 9.17) is 9.26 Å². The summed E-state index contributed by atoms with van der Waals surface area (Å²) in [5.41, 5.74) is 1.83. The Morgan fingerprint density at radius 1 is 1.21 bits per heavy atom. The highest BCUT2D eigenvalue weighted by Crippen LogP contribution is 2.27. The number of nitrogens with zero attached hydrogens (tertiary/aromatic N) is 4. The lowest BCUT2D eigenvalue weighted by atomic mass is 10.1. The summed E-state index contributed by atoms with van der Waals surface area (Å²) in [6.07, 6.45) is 2.27. The second kappa shape index (κ2) is 7.09. The molecular weight excluding hydrogens is 354 g/mol. The molecule has 0 spiro atoms. The molecule has 3 heterocycles. The van der Waals surface area contributed by atoms with E-state index < -0.39 is 0 Å². The monoisotopic (exact) mass is 375 g/mol. The standard InChI is InChI=1S/C21H21N5O2/c1-26-18(12-17(24-26)16-9-5-11-22-16)21-23-20(25-28-21)13-27-19-10-4-7-14-6-2-3-8-15(14)19/h2-4,6-8,10,12,16,22H,5,9,11,13H2,1H3. The third-order valence-electron chi connectivity index (χ3n) is 5.11. The van der Waals surface area contributed by atoms with E-state index >= 15 is 0 Å². The molecule has 0 amide bonds. The number of hydrogen-bond acceptors (Lipinski definition) is 6. The molecule has 0 radical (unpaired) electrons. The van der Waals surface area contributed by atoms with E-state index in [9.17, 15) is 0 Å². The van der Waals surface area contributed by atoms with Gasteiger partial charge < -0.3 is 14.6 Å². The highest BCUT2D eigenvalue weighted by atomic mass is 16.5. The molecule has 2 aromatic carbocycles. The molecular formula is C21H21N5O2. The zero-order valence-corrected chi connectivity index (χ0v) is 15.6. The van der Waals surface area contributed by atoms with Crippen LogP contribution in [-0.2, 0) is 13.7 Å². The van der Waals surface area contributed by atoms with Gasteiger partial charge in [0.05, 0.1) is 11.7 Å². The summed E-state index contributed by atoms with van der Waals surface area (Å²) in [6, 6.07) is 16.4. The first-order chi connectivity index (χ1) is 13.8. The third-order valence-corrected chi connectivity index (χ3v) is 5.11. The number of nitrogens with one attached hydrogen (secondary N) is 1. The molecule has 1 N–H and O–H groups in total. The lowest BCUT2D eigenvalue weighted by molar-refractivity contribution is 0.290. The molecule has 1 aliphatic heterocycles. The van der Waals surface area contributed by atoms with Crippen LogP contribution in [0.5, 0.6) is 5.75 Å². The van der Waals surface area contributed by atoms with E-state index in [1.807, 2.05) is 43.4 Å². The highest BCUT2D eigenvalue weighted by Gasteiger charge is 2.22. The Kier molecular flexibility index (Phi) is 4.29. The van der Waals surface area contributed by atoms with Crippen molar-refractivity contribution in [2.45, 2.75) is 25.5 Å². The van der Waals surface area contributed by atoms with Crippen molar-refractivity contribution in [3.63, 3.8) is 0 Å². The zero-order chi connectivity index (χ0) is 18.9. The van der Waals surface area contributed by atoms with Crippen molar-refractivity contribution in [2.24, 2.45) is 7.05 Å². The fraction of sp³-hybridized carbons (Fsp3) is 0.286. The van der Waals surface area contributed by atoms with Crippen LogP contribution in [0.2, 0.25) is 0 Å². The van der Waals surface area contributed by atoms with Crippen LogP contribution in [0.1, 0.15) is 30.4 Å². The second-order valence-electron chi connectivity index (χ2n) is 7.01. The molecule has 7 nitrogen and oxygen atoms in total. The normalized spacial score (nSPS) is 16.7. The van der Waals surface area contributed by atoms with Crippen molar-refractivity contribution >= 4 is 10.8 Å². The molecule has 1 saturated heterocycles. The second-order valence-corrected chi connectivity index (χ2v) is 7.01. The molecule has 1 aliphatic rings. The van der Waals surface area contributed by atoms with E-state index in [2.05, 4.69) is 32.7 Å². The Morgan fingerprint density at radius 2 is 2.11 bits per heavy atom. The molecule has 0 saturated carbocycles. The average Bonchev–Trinajstić information content (AvgIpc) is 3.47. The van der Waals surface area contributed by atoms with Gasteiger partial charge in [-0.2, -0.15) is 10.1 Å². The van der Waals surface area contributed by atoms with Gasteiger partial charge in [0.1, 0.15) is 11.4 Å². The SMILES string of the molecule is Cn1nc(C2CCCN2)cc1-c1nc(COc2cccc3ccccc23)no1. The summed E-state index contributed by atoms with van der Waals surface area (Å²) in [5, 5.41) is 14.3. The van der Waals surface area contributed by atoms with Crippen LogP contribution in [0.3, 0.4) is 0 Å². The van der Waals surface area contributed by atoms with Gasteiger partial charge in [-0.05, 0) is 36.9 Å². The van der Waals surface area contributed by atoms with Crippen molar-refractivity contribution in [1.29, 1.82) is 0 Å². The molecule has 5 rings (SSSR count). The predicted octanol–water partition coefficient (Wildman–Crippen LogP) is 3.63. The summed E-state index contributed by atoms with van der Waals surface area (Å²) >= 11 is 0. The number of fused-ring (bicyclic) bond motifs is 1. The number of ether oxygens (including phenoxy) is 1. The molecule has 28 heavy (non-hydrogen) atoms. The van der Waals surface area contributed by atoms with E-state index in [1.165, 1.54) is 6.42 Å². The summed E-state index contributed by atoms with van der Waals surface area (Å²) in [6.45, 7) is 1.28. The summed E-state index contributed by atoms with van der Waals surface area (Å²) < 4.78 is 13.2. The predicted molar refractivity (Wildman–Crippen MR) is 105 cm³/mol. The zero-order valence-electron chi connectivity index (χ0n) is 15.6. The van der Waals surface area contributed by atoms with Crippen LogP contribution in [0.25, 0.3) is 22.4 Å². The Bertz CT molecular complexity index is 1110. The van der Waals surface area contributed by atoms with Crippen molar-refractivity contribution in [1.82, 2.24) is 25.2 Å². The van der Waals surface area contributed by atoms with Crippen LogP contribution in [0, 0.1) is 0 Å². The first kappa shape index (κ1) is 16.9. The largest absolute Gasteiger partial charge is 0.485 e. The maximum absolute atomic E-state index is 5.95. The minimum atomic E-state index is 0.242. The van der Waals surface area contributed by atoms with Crippen LogP contribution in [0.4, 0.5) is 0 Å². The summed E-state index contributed by atoms with van der Waals surface area (Å²) in [5.74, 6) is 1.76. The topological polar surface area (TPSA) is 78.0 Å². The molecule has 1 atom stereocenters. The molecule has 2 aromatic heterocycles. The quantitative estimate of drug-likeness (QED) is 0.574. The fourth-order valence-electron chi connectivity index (χ4n) is 3.68. The van der Waals surface area contributed by atoms with Crippen LogP contribution >= 0.6 is 0 Å². The van der Waals surface area contributed by atoms with E-state index in [-0.39, 0.29) is 6.61 Å². The smallest absolute Gasteiger partial charge is 0.276 e. The van der Waals surface area contributed by atoms with Gasteiger partial charge in [-0.25, -0.2) is 0 Å². The molecule has 4 aromatic rings. The number of aromatic nitrogens is 4. The third kappa shape index (κ3) is 3.14. The maximum atomic E-state index is 5.95. The van der Waals surface area contributed by atoms with Crippen LogP contribution in [-0.4, -0.2) is 26.5 Å². The summed E-state index contributed by atoms with van der Waals surface area (Å²) in [4.78, 5) is 4.49. The van der Waals surface area contributed by atoms with Crippen molar-refractivity contribution in [2.75, 3.05) is 6.54 Å². The first-order valence-corrected chi connectivity index (χ1v) is 9.49. The molecule has 142 valence electrons. The van der Waals surface area contributed by atoms with Gasteiger partial charge in [0.2, 0.25) is 5.82 Å². The molecule has 0 aliphatic carbocycles. The van der Waals surface area contributed by atoms with Gasteiger partial charge in [0.15, 0.2) is 6.61 Å². The first-order valence-electron chi connectivity index (χ1n) is 9.49. The minimum Gasteiger partial charge on any atom is -0.485 e. The lowest BCUT2D eigenvalue weighted by Crippen LogP contribution is -2.13. The fourth-order valence-corrected chi connectivity index (χ4v) is 3.68. The van der Waals surface area contributed by atoms with Gasteiger partial charge in [-0.15, -0.1) is 0 Å². The summed E-state index contributed by atoms with van der Waals surface area (Å²) in [7, 11) is 1.89. The average molecular weight is 375 g/mol. The lowest BCUT2D eigenvalue weighted by Gasteiger charge is -2.07. The number of aryl methyl sites for hydroxylation is 1. The van der Waals surface area contributed by atoms with Crippen LogP contribution in [0.15, 0.2) is 53.1 Å². The van der Waals surface area contributed by atoms with Gasteiger partial charge in [-0.3, -0.25) is 4.68 Å². The number of benzene rings is 2. The molecule has 7 heteroatoms. The Balaban J connectivity index is 1.34. The Morgan fingerprint density at radius 3 is 3.00 bits per heavy atom. The van der Waals surface area contributed by atoms with Crippen molar-refractivity contribution in [3.05, 3.63) is 60.0 Å². The van der Waals surface area contributed by atoms with Gasteiger partial charge in [0.25, 0.3) is 5.89 Å². The Hall–Kier alpha value is -3.19. The highest BCUT2D eigenvalue weighted by molar-refractivity contribution is 5.88. The van der Waals surface area contributed by atoms with Gasteiger partial charge in [-0.1, -0.05) is 41.6 Å². The van der Waals surface area contributed by atoms with Crippen LogP contribution < -0.4 is 10.1 Å². The minimum absolute atomic E-state index is 0.242. The van der Waals surface area contributed by atoms with E-state index in [0.717, 1.165) is 40.9 Å². The van der Waals surface area contributed by atoms with Gasteiger partial charge >= 0.3 is 0 Å². The molecule has 0 bridgehead atoms. The Labute approximate surface area is 162 Å².